The highest BCUT2D eigenvalue weighted by Gasteiger charge is 2.10. The van der Waals surface area contributed by atoms with Crippen molar-refractivity contribution in [1.29, 1.82) is 0 Å². The van der Waals surface area contributed by atoms with E-state index in [4.69, 9.17) is 5.73 Å². The lowest BCUT2D eigenvalue weighted by Gasteiger charge is -2.14. The molecule has 0 amide bonds. The molecular weight excluding hydrogens is 224 g/mol. The maximum absolute atomic E-state index is 11.9. The number of Topliss-reactive ketones (excluding diaryl/α,β-unsaturated/α-hetero) is 1. The fourth-order valence-electron chi connectivity index (χ4n) is 2.26. The fourth-order valence-corrected chi connectivity index (χ4v) is 2.26. The molecule has 3 heteroatoms. The summed E-state index contributed by atoms with van der Waals surface area (Å²) in [4.78, 5) is 15.8. The molecule has 1 heterocycles. The zero-order valence-electron chi connectivity index (χ0n) is 11.3. The first-order valence-electron chi connectivity index (χ1n) is 6.87. The molecule has 100 valence electrons. The number of rotatable bonds is 9. The van der Waals surface area contributed by atoms with Crippen LogP contribution in [0.2, 0.25) is 0 Å². The van der Waals surface area contributed by atoms with Gasteiger partial charge in [-0.05, 0) is 43.0 Å². The lowest BCUT2D eigenvalue weighted by Crippen LogP contribution is -2.11. The highest BCUT2D eigenvalue weighted by Crippen LogP contribution is 2.17. The molecule has 0 fully saturated rings. The van der Waals surface area contributed by atoms with E-state index in [1.165, 1.54) is 12.8 Å². The quantitative estimate of drug-likeness (QED) is 0.731. The Morgan fingerprint density at radius 3 is 2.61 bits per heavy atom. The summed E-state index contributed by atoms with van der Waals surface area (Å²) in [5, 5.41) is 0. The van der Waals surface area contributed by atoms with Crippen LogP contribution in [-0.2, 0) is 11.2 Å². The largest absolute Gasteiger partial charge is 0.330 e. The molecule has 2 N–H and O–H groups in total. The Morgan fingerprint density at radius 2 is 2.00 bits per heavy atom. The summed E-state index contributed by atoms with van der Waals surface area (Å²) in [7, 11) is 0. The van der Waals surface area contributed by atoms with Crippen LogP contribution < -0.4 is 5.73 Å². The van der Waals surface area contributed by atoms with Gasteiger partial charge in [-0.1, -0.05) is 19.8 Å². The van der Waals surface area contributed by atoms with Gasteiger partial charge in [0.25, 0.3) is 0 Å². The highest BCUT2D eigenvalue weighted by atomic mass is 16.1. The topological polar surface area (TPSA) is 56.0 Å². The Labute approximate surface area is 110 Å². The molecule has 1 rings (SSSR count). The van der Waals surface area contributed by atoms with Gasteiger partial charge >= 0.3 is 0 Å². The van der Waals surface area contributed by atoms with Gasteiger partial charge in [-0.3, -0.25) is 9.78 Å². The minimum Gasteiger partial charge on any atom is -0.330 e. The smallest absolute Gasteiger partial charge is 0.137 e. The molecule has 0 saturated heterocycles. The molecule has 0 aliphatic rings. The normalized spacial score (nSPS) is 12.3. The Morgan fingerprint density at radius 1 is 1.28 bits per heavy atom. The number of carbonyl (C=O) groups is 1. The lowest BCUT2D eigenvalue weighted by atomic mass is 9.92. The number of pyridine rings is 1. The van der Waals surface area contributed by atoms with Crippen LogP contribution in [0.15, 0.2) is 24.5 Å². The maximum atomic E-state index is 11.9. The van der Waals surface area contributed by atoms with Crippen molar-refractivity contribution in [3.8, 4) is 0 Å². The number of nitrogens with two attached hydrogens (primary N) is 1. The molecule has 0 bridgehead atoms. The molecule has 3 nitrogen and oxygen atoms in total. The molecule has 0 spiro atoms. The second kappa shape index (κ2) is 8.81. The van der Waals surface area contributed by atoms with Gasteiger partial charge in [0.2, 0.25) is 0 Å². The molecule has 0 aromatic carbocycles. The first-order valence-corrected chi connectivity index (χ1v) is 6.87. The molecule has 1 aromatic rings. The van der Waals surface area contributed by atoms with Crippen molar-refractivity contribution >= 4 is 5.78 Å². The van der Waals surface area contributed by atoms with Gasteiger partial charge in [0.15, 0.2) is 0 Å². The van der Waals surface area contributed by atoms with Crippen LogP contribution in [0.4, 0.5) is 0 Å². The third-order valence-electron chi connectivity index (χ3n) is 3.25. The summed E-state index contributed by atoms with van der Waals surface area (Å²) >= 11 is 0. The lowest BCUT2D eigenvalue weighted by molar-refractivity contribution is -0.118. The van der Waals surface area contributed by atoms with Gasteiger partial charge < -0.3 is 5.73 Å². The second-order valence-electron chi connectivity index (χ2n) is 4.84. The fraction of sp³-hybridized carbons (Fsp3) is 0.600. The number of nitrogens with zero attached hydrogens (tertiary/aromatic N) is 1. The van der Waals surface area contributed by atoms with Crippen LogP contribution in [0.5, 0.6) is 0 Å². The summed E-state index contributed by atoms with van der Waals surface area (Å²) in [5.41, 5.74) is 6.65. The zero-order valence-corrected chi connectivity index (χ0v) is 11.3. The molecule has 1 atom stereocenters. The Balaban J connectivity index is 2.31. The monoisotopic (exact) mass is 248 g/mol. The first kappa shape index (κ1) is 14.8. The van der Waals surface area contributed by atoms with Crippen LogP contribution >= 0.6 is 0 Å². The summed E-state index contributed by atoms with van der Waals surface area (Å²) in [6, 6.07) is 3.81. The average molecular weight is 248 g/mol. The van der Waals surface area contributed by atoms with Gasteiger partial charge in [0, 0.05) is 25.2 Å². The van der Waals surface area contributed by atoms with Crippen molar-refractivity contribution in [2.24, 2.45) is 11.7 Å². The highest BCUT2D eigenvalue weighted by molar-refractivity contribution is 5.80. The molecule has 0 aliphatic heterocycles. The number of carbonyl (C=O) groups excluding carboxylic acids is 1. The van der Waals surface area contributed by atoms with Crippen LogP contribution in [0, 0.1) is 5.92 Å². The first-order chi connectivity index (χ1) is 8.76. The minimum absolute atomic E-state index is 0.319. The van der Waals surface area contributed by atoms with E-state index in [0.717, 1.165) is 24.9 Å². The van der Waals surface area contributed by atoms with Crippen molar-refractivity contribution in [3.05, 3.63) is 30.1 Å². The van der Waals surface area contributed by atoms with Gasteiger partial charge in [-0.25, -0.2) is 0 Å². The molecule has 0 saturated carbocycles. The van der Waals surface area contributed by atoms with E-state index >= 15 is 0 Å². The predicted molar refractivity (Wildman–Crippen MR) is 74.3 cm³/mol. The Kier molecular flexibility index (Phi) is 7.26. The zero-order chi connectivity index (χ0) is 13.2. The third-order valence-corrected chi connectivity index (χ3v) is 3.25. The number of ketones is 1. The van der Waals surface area contributed by atoms with E-state index in [2.05, 4.69) is 11.9 Å². The van der Waals surface area contributed by atoms with E-state index in [-0.39, 0.29) is 0 Å². The molecule has 1 aromatic heterocycles. The van der Waals surface area contributed by atoms with E-state index in [0.29, 0.717) is 24.5 Å². The van der Waals surface area contributed by atoms with E-state index < -0.39 is 0 Å². The Hall–Kier alpha value is -1.22. The van der Waals surface area contributed by atoms with Crippen molar-refractivity contribution in [1.82, 2.24) is 4.98 Å². The van der Waals surface area contributed by atoms with Crippen LogP contribution in [0.1, 0.15) is 44.6 Å². The number of hydrogen-bond donors (Lipinski definition) is 1. The summed E-state index contributed by atoms with van der Waals surface area (Å²) in [6.45, 7) is 2.91. The standard InChI is InChI=1S/C15H24N2O/c1-2-3-13(6-9-16)4-5-15(18)12-14-7-10-17-11-8-14/h7-8,10-11,13H,2-6,9,12,16H2,1H3. The molecule has 1 unspecified atom stereocenters. The number of aromatic nitrogens is 1. The summed E-state index contributed by atoms with van der Waals surface area (Å²) < 4.78 is 0. The Bertz CT molecular complexity index is 332. The van der Waals surface area contributed by atoms with Crippen molar-refractivity contribution in [2.75, 3.05) is 6.54 Å². The average Bonchev–Trinajstić information content (AvgIpc) is 2.38. The number of hydrogen-bond acceptors (Lipinski definition) is 3. The third kappa shape index (κ3) is 5.92. The van der Waals surface area contributed by atoms with E-state index in [1.807, 2.05) is 12.1 Å². The summed E-state index contributed by atoms with van der Waals surface area (Å²) in [6.07, 6.45) is 9.04. The molecule has 0 aliphatic carbocycles. The van der Waals surface area contributed by atoms with E-state index in [9.17, 15) is 4.79 Å². The summed E-state index contributed by atoms with van der Waals surface area (Å²) in [5.74, 6) is 0.931. The SMILES string of the molecule is CCCC(CCN)CCC(=O)Cc1ccncc1. The molecule has 0 radical (unpaired) electrons. The van der Waals surface area contributed by atoms with Gasteiger partial charge in [0.1, 0.15) is 5.78 Å². The van der Waals surface area contributed by atoms with Crippen molar-refractivity contribution in [3.63, 3.8) is 0 Å². The second-order valence-corrected chi connectivity index (χ2v) is 4.84. The van der Waals surface area contributed by atoms with Gasteiger partial charge in [-0.2, -0.15) is 0 Å². The van der Waals surface area contributed by atoms with Crippen molar-refractivity contribution < 1.29 is 4.79 Å². The van der Waals surface area contributed by atoms with E-state index in [1.54, 1.807) is 12.4 Å². The molecule has 18 heavy (non-hydrogen) atoms. The van der Waals surface area contributed by atoms with Crippen LogP contribution in [-0.4, -0.2) is 17.3 Å². The van der Waals surface area contributed by atoms with Crippen LogP contribution in [0.3, 0.4) is 0 Å². The molecular formula is C15H24N2O. The minimum atomic E-state index is 0.319. The predicted octanol–water partition coefficient (Wildman–Crippen LogP) is 2.74. The van der Waals surface area contributed by atoms with Gasteiger partial charge in [-0.15, -0.1) is 0 Å². The van der Waals surface area contributed by atoms with Gasteiger partial charge in [0.05, 0.1) is 0 Å². The van der Waals surface area contributed by atoms with Crippen molar-refractivity contribution in [2.45, 2.75) is 45.4 Å². The maximum Gasteiger partial charge on any atom is 0.137 e. The van der Waals surface area contributed by atoms with Crippen LogP contribution in [0.25, 0.3) is 0 Å².